The van der Waals surface area contributed by atoms with E-state index in [1.807, 2.05) is 26.8 Å². The number of fused-ring (bicyclic) bond motifs is 1. The van der Waals surface area contributed by atoms with E-state index >= 15 is 0 Å². The second-order valence-corrected chi connectivity index (χ2v) is 6.91. The van der Waals surface area contributed by atoms with Gasteiger partial charge in [0.1, 0.15) is 5.82 Å². The molecule has 0 aromatic carbocycles. The molecule has 4 heterocycles. The number of H-pyrrole nitrogens is 1. The third kappa shape index (κ3) is 3.00. The standard InChI is InChI=1S/C17H22N8O2/c1-4-24-14(20-21-17(24)27)12-6-5-7-23(9-12)15(26)13-19-16-18-10(2)8-11(3)25(16)22-13/h8,12H,4-7,9H2,1-3H3,(H,21,27)/t12-/m0/s1. The molecule has 1 aliphatic rings. The van der Waals surface area contributed by atoms with Crippen molar-refractivity contribution in [3.8, 4) is 0 Å². The largest absolute Gasteiger partial charge is 0.343 e. The predicted molar refractivity (Wildman–Crippen MR) is 96.7 cm³/mol. The van der Waals surface area contributed by atoms with Crippen LogP contribution in [0.3, 0.4) is 0 Å². The minimum atomic E-state index is -0.219. The number of hydrogen-bond acceptors (Lipinski definition) is 6. The van der Waals surface area contributed by atoms with Gasteiger partial charge in [-0.05, 0) is 39.7 Å². The number of piperidine rings is 1. The number of carbonyl (C=O) groups excluding carboxylic acids is 1. The van der Waals surface area contributed by atoms with Gasteiger partial charge in [0.15, 0.2) is 0 Å². The number of rotatable bonds is 3. The normalized spacial score (nSPS) is 17.6. The van der Waals surface area contributed by atoms with Gasteiger partial charge in [-0.25, -0.2) is 19.4 Å². The fourth-order valence-electron chi connectivity index (χ4n) is 3.72. The summed E-state index contributed by atoms with van der Waals surface area (Å²) in [7, 11) is 0. The van der Waals surface area contributed by atoms with Crippen molar-refractivity contribution in [2.75, 3.05) is 13.1 Å². The Balaban J connectivity index is 1.60. The van der Waals surface area contributed by atoms with Crippen molar-refractivity contribution in [1.29, 1.82) is 0 Å². The fourth-order valence-corrected chi connectivity index (χ4v) is 3.72. The molecule has 0 spiro atoms. The molecule has 27 heavy (non-hydrogen) atoms. The number of nitrogens with one attached hydrogen (secondary N) is 1. The van der Waals surface area contributed by atoms with E-state index in [1.54, 1.807) is 14.0 Å². The van der Waals surface area contributed by atoms with Crippen molar-refractivity contribution in [2.45, 2.75) is 46.1 Å². The van der Waals surface area contributed by atoms with Crippen LogP contribution in [0.25, 0.3) is 5.78 Å². The Morgan fingerprint density at radius 3 is 2.93 bits per heavy atom. The maximum atomic E-state index is 13.0. The third-order valence-corrected chi connectivity index (χ3v) is 4.99. The van der Waals surface area contributed by atoms with Gasteiger partial charge < -0.3 is 4.90 Å². The third-order valence-electron chi connectivity index (χ3n) is 4.99. The van der Waals surface area contributed by atoms with Crippen LogP contribution in [0.5, 0.6) is 0 Å². The molecule has 142 valence electrons. The van der Waals surface area contributed by atoms with Crippen LogP contribution in [0, 0.1) is 13.8 Å². The number of hydrogen-bond donors (Lipinski definition) is 1. The predicted octanol–water partition coefficient (Wildman–Crippen LogP) is 0.666. The molecule has 1 saturated heterocycles. The highest BCUT2D eigenvalue weighted by molar-refractivity contribution is 5.91. The van der Waals surface area contributed by atoms with Gasteiger partial charge in [-0.1, -0.05) is 0 Å². The monoisotopic (exact) mass is 370 g/mol. The molecule has 1 fully saturated rings. The van der Waals surface area contributed by atoms with Gasteiger partial charge in [-0.15, -0.1) is 5.10 Å². The number of nitrogens with zero attached hydrogens (tertiary/aromatic N) is 7. The van der Waals surface area contributed by atoms with Crippen molar-refractivity contribution >= 4 is 11.7 Å². The van der Waals surface area contributed by atoms with E-state index in [9.17, 15) is 9.59 Å². The zero-order valence-electron chi connectivity index (χ0n) is 15.6. The van der Waals surface area contributed by atoms with Gasteiger partial charge in [-0.3, -0.25) is 9.36 Å². The van der Waals surface area contributed by atoms with Crippen LogP contribution in [-0.4, -0.2) is 58.2 Å². The van der Waals surface area contributed by atoms with Crippen LogP contribution in [0.2, 0.25) is 0 Å². The summed E-state index contributed by atoms with van der Waals surface area (Å²) in [5.74, 6) is 1.07. The number of likely N-dealkylation sites (tertiary alicyclic amines) is 1. The number of aromatic amines is 1. The molecule has 0 aliphatic carbocycles. The van der Waals surface area contributed by atoms with E-state index in [2.05, 4.69) is 25.3 Å². The molecule has 0 unspecified atom stereocenters. The summed E-state index contributed by atoms with van der Waals surface area (Å²) in [5.41, 5.74) is 1.50. The van der Waals surface area contributed by atoms with Crippen molar-refractivity contribution in [3.63, 3.8) is 0 Å². The van der Waals surface area contributed by atoms with Crippen LogP contribution >= 0.6 is 0 Å². The summed E-state index contributed by atoms with van der Waals surface area (Å²) >= 11 is 0. The molecule has 3 aromatic heterocycles. The summed E-state index contributed by atoms with van der Waals surface area (Å²) in [5, 5.41) is 11.0. The first-order valence-electron chi connectivity index (χ1n) is 9.13. The molecule has 1 atom stereocenters. The lowest BCUT2D eigenvalue weighted by Crippen LogP contribution is -2.40. The molecule has 10 heteroatoms. The van der Waals surface area contributed by atoms with E-state index < -0.39 is 0 Å². The second-order valence-electron chi connectivity index (χ2n) is 6.91. The van der Waals surface area contributed by atoms with E-state index in [0.717, 1.165) is 24.2 Å². The summed E-state index contributed by atoms with van der Waals surface area (Å²) in [6.45, 7) is 7.37. The van der Waals surface area contributed by atoms with Gasteiger partial charge >= 0.3 is 5.69 Å². The highest BCUT2D eigenvalue weighted by Gasteiger charge is 2.30. The summed E-state index contributed by atoms with van der Waals surface area (Å²) in [4.78, 5) is 35.2. The Morgan fingerprint density at radius 1 is 1.33 bits per heavy atom. The topological polar surface area (TPSA) is 114 Å². The Labute approximate surface area is 155 Å². The van der Waals surface area contributed by atoms with Gasteiger partial charge in [0.05, 0.1) is 0 Å². The smallest absolute Gasteiger partial charge is 0.335 e. The number of aromatic nitrogens is 7. The Hall–Kier alpha value is -3.04. The average Bonchev–Trinajstić information content (AvgIpc) is 3.24. The molecular weight excluding hydrogens is 348 g/mol. The van der Waals surface area contributed by atoms with Crippen molar-refractivity contribution < 1.29 is 4.79 Å². The molecule has 0 saturated carbocycles. The lowest BCUT2D eigenvalue weighted by Gasteiger charge is -2.31. The number of carbonyl (C=O) groups is 1. The fraction of sp³-hybridized carbons (Fsp3) is 0.529. The minimum absolute atomic E-state index is 0.0146. The molecule has 0 bridgehead atoms. The summed E-state index contributed by atoms with van der Waals surface area (Å²) in [6.07, 6.45) is 1.72. The first-order valence-corrected chi connectivity index (χ1v) is 9.13. The minimum Gasteiger partial charge on any atom is -0.335 e. The Bertz CT molecular complexity index is 1060. The molecular formula is C17H22N8O2. The van der Waals surface area contributed by atoms with E-state index in [0.29, 0.717) is 31.2 Å². The quantitative estimate of drug-likeness (QED) is 0.725. The van der Waals surface area contributed by atoms with Crippen molar-refractivity contribution in [3.05, 3.63) is 39.6 Å². The number of aryl methyl sites for hydroxylation is 2. The maximum Gasteiger partial charge on any atom is 0.343 e. The lowest BCUT2D eigenvalue weighted by molar-refractivity contribution is 0.0691. The molecule has 4 rings (SSSR count). The zero-order chi connectivity index (χ0) is 19.1. The van der Waals surface area contributed by atoms with Crippen LogP contribution in [-0.2, 0) is 6.54 Å². The molecule has 1 N–H and O–H groups in total. The SMILES string of the molecule is CCn1c([C@H]2CCCN(C(=O)c3nc4nc(C)cc(C)n4n3)C2)n[nH]c1=O. The summed E-state index contributed by atoms with van der Waals surface area (Å²) in [6, 6.07) is 1.90. The molecule has 3 aromatic rings. The van der Waals surface area contributed by atoms with Gasteiger partial charge in [-0.2, -0.15) is 10.1 Å². The van der Waals surface area contributed by atoms with Crippen LogP contribution in [0.4, 0.5) is 0 Å². The second kappa shape index (κ2) is 6.60. The molecule has 1 aliphatic heterocycles. The highest BCUT2D eigenvalue weighted by atomic mass is 16.2. The Morgan fingerprint density at radius 2 is 2.15 bits per heavy atom. The van der Waals surface area contributed by atoms with Gasteiger partial charge in [0.25, 0.3) is 11.7 Å². The molecule has 1 amide bonds. The van der Waals surface area contributed by atoms with E-state index in [-0.39, 0.29) is 23.3 Å². The first-order chi connectivity index (χ1) is 13.0. The molecule has 0 radical (unpaired) electrons. The van der Waals surface area contributed by atoms with Crippen LogP contribution < -0.4 is 5.69 Å². The maximum absolute atomic E-state index is 13.0. The summed E-state index contributed by atoms with van der Waals surface area (Å²) < 4.78 is 3.21. The first kappa shape index (κ1) is 17.4. The number of amides is 1. The average molecular weight is 370 g/mol. The van der Waals surface area contributed by atoms with Crippen LogP contribution in [0.15, 0.2) is 10.9 Å². The van der Waals surface area contributed by atoms with Crippen molar-refractivity contribution in [2.24, 2.45) is 0 Å². The zero-order valence-corrected chi connectivity index (χ0v) is 15.6. The van der Waals surface area contributed by atoms with E-state index in [4.69, 9.17) is 0 Å². The van der Waals surface area contributed by atoms with Crippen molar-refractivity contribution in [1.82, 2.24) is 39.2 Å². The van der Waals surface area contributed by atoms with Crippen LogP contribution in [0.1, 0.15) is 53.5 Å². The van der Waals surface area contributed by atoms with Gasteiger partial charge in [0.2, 0.25) is 5.82 Å². The molecule has 10 nitrogen and oxygen atoms in total. The van der Waals surface area contributed by atoms with Gasteiger partial charge in [0, 0.05) is 36.9 Å². The lowest BCUT2D eigenvalue weighted by atomic mass is 9.97. The highest BCUT2D eigenvalue weighted by Crippen LogP contribution is 2.25. The Kier molecular flexibility index (Phi) is 4.25. The van der Waals surface area contributed by atoms with E-state index in [1.165, 1.54) is 0 Å².